The van der Waals surface area contributed by atoms with Gasteiger partial charge in [-0.2, -0.15) is 0 Å². The lowest BCUT2D eigenvalue weighted by atomic mass is 10.1. The van der Waals surface area contributed by atoms with E-state index in [9.17, 15) is 8.42 Å². The zero-order valence-corrected chi connectivity index (χ0v) is 11.5. The molecule has 0 aliphatic carbocycles. The van der Waals surface area contributed by atoms with Gasteiger partial charge in [0, 0.05) is 13.2 Å². The number of ether oxygens (including phenoxy) is 1. The predicted octanol–water partition coefficient (Wildman–Crippen LogP) is 0.918. The molecule has 18 heavy (non-hydrogen) atoms. The highest BCUT2D eigenvalue weighted by Crippen LogP contribution is 2.22. The third kappa shape index (κ3) is 3.69. The van der Waals surface area contributed by atoms with Crippen molar-refractivity contribution in [3.05, 3.63) is 23.8 Å². The first-order valence-corrected chi connectivity index (χ1v) is 7.31. The van der Waals surface area contributed by atoms with Gasteiger partial charge in [-0.15, -0.1) is 0 Å². The van der Waals surface area contributed by atoms with Crippen LogP contribution in [-0.4, -0.2) is 33.8 Å². The number of aliphatic hydroxyl groups is 1. The van der Waals surface area contributed by atoms with Gasteiger partial charge in [0.15, 0.2) is 0 Å². The van der Waals surface area contributed by atoms with E-state index >= 15 is 0 Å². The van der Waals surface area contributed by atoms with Crippen molar-refractivity contribution in [3.8, 4) is 5.75 Å². The average Bonchev–Trinajstić information content (AvgIpc) is 2.36. The van der Waals surface area contributed by atoms with Crippen molar-refractivity contribution in [2.24, 2.45) is 0 Å². The van der Waals surface area contributed by atoms with Crippen molar-refractivity contribution in [1.29, 1.82) is 0 Å². The Labute approximate surface area is 108 Å². The summed E-state index contributed by atoms with van der Waals surface area (Å²) in [5, 5.41) is 8.99. The van der Waals surface area contributed by atoms with Gasteiger partial charge < -0.3 is 9.84 Å². The SMILES string of the molecule is CCCNS(=O)(=O)c1ccc(OC)cc1CCO. The lowest BCUT2D eigenvalue weighted by Gasteiger charge is -2.12. The minimum atomic E-state index is -3.52. The molecule has 0 atom stereocenters. The molecule has 0 unspecified atom stereocenters. The largest absolute Gasteiger partial charge is 0.497 e. The van der Waals surface area contributed by atoms with E-state index < -0.39 is 10.0 Å². The second-order valence-corrected chi connectivity index (χ2v) is 5.58. The summed E-state index contributed by atoms with van der Waals surface area (Å²) in [6, 6.07) is 4.74. The van der Waals surface area contributed by atoms with Crippen LogP contribution in [0.2, 0.25) is 0 Å². The fourth-order valence-electron chi connectivity index (χ4n) is 1.57. The average molecular weight is 273 g/mol. The second kappa shape index (κ2) is 6.72. The molecule has 0 heterocycles. The summed E-state index contributed by atoms with van der Waals surface area (Å²) in [5.41, 5.74) is 0.556. The number of hydrogen-bond acceptors (Lipinski definition) is 4. The Morgan fingerprint density at radius 2 is 2.11 bits per heavy atom. The minimum Gasteiger partial charge on any atom is -0.497 e. The number of benzene rings is 1. The maximum absolute atomic E-state index is 12.1. The molecule has 102 valence electrons. The molecular formula is C12H19NO4S. The van der Waals surface area contributed by atoms with Gasteiger partial charge in [-0.3, -0.25) is 0 Å². The van der Waals surface area contributed by atoms with Crippen LogP contribution in [0.3, 0.4) is 0 Å². The van der Waals surface area contributed by atoms with Gasteiger partial charge in [-0.25, -0.2) is 13.1 Å². The van der Waals surface area contributed by atoms with Crippen molar-refractivity contribution < 1.29 is 18.3 Å². The van der Waals surface area contributed by atoms with E-state index in [0.717, 1.165) is 6.42 Å². The highest BCUT2D eigenvalue weighted by Gasteiger charge is 2.18. The number of aliphatic hydroxyl groups excluding tert-OH is 1. The zero-order valence-electron chi connectivity index (χ0n) is 10.6. The van der Waals surface area contributed by atoms with Crippen LogP contribution in [0.25, 0.3) is 0 Å². The van der Waals surface area contributed by atoms with Gasteiger partial charge in [-0.1, -0.05) is 6.92 Å². The number of nitrogens with one attached hydrogen (secondary N) is 1. The van der Waals surface area contributed by atoms with E-state index in [-0.39, 0.29) is 17.9 Å². The third-order valence-electron chi connectivity index (χ3n) is 2.48. The molecule has 1 aromatic rings. The summed E-state index contributed by atoms with van der Waals surface area (Å²) in [6.45, 7) is 2.18. The van der Waals surface area contributed by atoms with Crippen molar-refractivity contribution in [2.75, 3.05) is 20.3 Å². The predicted molar refractivity (Wildman–Crippen MR) is 69.3 cm³/mol. The van der Waals surface area contributed by atoms with E-state index in [1.807, 2.05) is 6.92 Å². The van der Waals surface area contributed by atoms with Gasteiger partial charge in [0.1, 0.15) is 5.75 Å². The fraction of sp³-hybridized carbons (Fsp3) is 0.500. The molecule has 6 heteroatoms. The lowest BCUT2D eigenvalue weighted by molar-refractivity contribution is 0.298. The zero-order chi connectivity index (χ0) is 13.6. The van der Waals surface area contributed by atoms with Crippen LogP contribution in [0.4, 0.5) is 0 Å². The van der Waals surface area contributed by atoms with E-state index in [1.165, 1.54) is 13.2 Å². The Morgan fingerprint density at radius 1 is 1.39 bits per heavy atom. The van der Waals surface area contributed by atoms with Gasteiger partial charge in [0.25, 0.3) is 0 Å². The molecule has 0 radical (unpaired) electrons. The topological polar surface area (TPSA) is 75.6 Å². The minimum absolute atomic E-state index is 0.108. The van der Waals surface area contributed by atoms with Crippen LogP contribution in [0.1, 0.15) is 18.9 Å². The van der Waals surface area contributed by atoms with Crippen molar-refractivity contribution in [2.45, 2.75) is 24.7 Å². The number of methoxy groups -OCH3 is 1. The molecule has 0 bridgehead atoms. The molecule has 0 spiro atoms. The normalized spacial score (nSPS) is 11.5. The quantitative estimate of drug-likeness (QED) is 0.774. The smallest absolute Gasteiger partial charge is 0.240 e. The van der Waals surface area contributed by atoms with Crippen molar-refractivity contribution in [3.63, 3.8) is 0 Å². The highest BCUT2D eigenvalue weighted by atomic mass is 32.2. The van der Waals surface area contributed by atoms with Crippen LogP contribution >= 0.6 is 0 Å². The number of sulfonamides is 1. The Bertz CT molecular complexity index is 485. The second-order valence-electron chi connectivity index (χ2n) is 3.85. The van der Waals surface area contributed by atoms with Gasteiger partial charge >= 0.3 is 0 Å². The molecule has 0 saturated carbocycles. The molecule has 0 saturated heterocycles. The summed E-state index contributed by atoms with van der Waals surface area (Å²) in [4.78, 5) is 0.200. The molecule has 0 aliphatic heterocycles. The molecule has 0 aliphatic rings. The Balaban J connectivity index is 3.14. The van der Waals surface area contributed by atoms with E-state index in [0.29, 0.717) is 17.9 Å². The summed E-state index contributed by atoms with van der Waals surface area (Å²) in [5.74, 6) is 0.577. The summed E-state index contributed by atoms with van der Waals surface area (Å²) < 4.78 is 31.7. The third-order valence-corrected chi connectivity index (χ3v) is 4.04. The summed E-state index contributed by atoms with van der Waals surface area (Å²) in [7, 11) is -2.00. The van der Waals surface area contributed by atoms with Gasteiger partial charge in [0.2, 0.25) is 10.0 Å². The monoisotopic (exact) mass is 273 g/mol. The Hall–Kier alpha value is -1.11. The van der Waals surface area contributed by atoms with Crippen LogP contribution in [-0.2, 0) is 16.4 Å². The molecule has 0 amide bonds. The number of rotatable bonds is 7. The summed E-state index contributed by atoms with van der Waals surface area (Å²) >= 11 is 0. The molecule has 2 N–H and O–H groups in total. The van der Waals surface area contributed by atoms with Crippen LogP contribution < -0.4 is 9.46 Å². The first-order chi connectivity index (χ1) is 8.55. The first-order valence-electron chi connectivity index (χ1n) is 5.82. The van der Waals surface area contributed by atoms with Gasteiger partial charge in [0.05, 0.1) is 12.0 Å². The maximum atomic E-state index is 12.1. The summed E-state index contributed by atoms with van der Waals surface area (Å²) in [6.07, 6.45) is 1.00. The van der Waals surface area contributed by atoms with Crippen LogP contribution in [0.5, 0.6) is 5.75 Å². The Morgan fingerprint density at radius 3 is 2.67 bits per heavy atom. The van der Waals surface area contributed by atoms with Crippen molar-refractivity contribution in [1.82, 2.24) is 4.72 Å². The lowest BCUT2D eigenvalue weighted by Crippen LogP contribution is -2.25. The molecular weight excluding hydrogens is 254 g/mol. The highest BCUT2D eigenvalue weighted by molar-refractivity contribution is 7.89. The maximum Gasteiger partial charge on any atom is 0.240 e. The van der Waals surface area contributed by atoms with E-state index in [2.05, 4.69) is 4.72 Å². The standard InChI is InChI=1S/C12H19NO4S/c1-3-7-13-18(15,16)12-5-4-11(17-2)9-10(12)6-8-14/h4-5,9,13-14H,3,6-8H2,1-2H3. The molecule has 0 aromatic heterocycles. The first kappa shape index (κ1) is 14.9. The molecule has 1 rings (SSSR count). The molecule has 1 aromatic carbocycles. The Kier molecular flexibility index (Phi) is 5.58. The van der Waals surface area contributed by atoms with E-state index in [4.69, 9.17) is 9.84 Å². The fourth-order valence-corrected chi connectivity index (χ4v) is 2.96. The molecule has 0 fully saturated rings. The van der Waals surface area contributed by atoms with Crippen molar-refractivity contribution >= 4 is 10.0 Å². The number of hydrogen-bond donors (Lipinski definition) is 2. The van der Waals surface area contributed by atoms with E-state index in [1.54, 1.807) is 12.1 Å². The van der Waals surface area contributed by atoms with Gasteiger partial charge in [-0.05, 0) is 36.6 Å². The molecule has 5 nitrogen and oxygen atoms in total. The van der Waals surface area contributed by atoms with Crippen LogP contribution in [0.15, 0.2) is 23.1 Å². The van der Waals surface area contributed by atoms with Crippen LogP contribution in [0, 0.1) is 0 Å².